The number of amides is 1. The number of piperidine rings is 1. The lowest BCUT2D eigenvalue weighted by molar-refractivity contribution is 0.0555. The first-order valence-electron chi connectivity index (χ1n) is 13.5. The number of Topliss-reactive ketones (excluding diaryl/α,β-unsaturated/α-hetero) is 1. The monoisotopic (exact) mass is 549 g/mol. The topological polar surface area (TPSA) is 168 Å². The summed E-state index contributed by atoms with van der Waals surface area (Å²) in [5.74, 6) is -0.279. The number of carbonyl (C=O) groups excluding carboxylic acids is 2. The van der Waals surface area contributed by atoms with E-state index in [1.165, 1.54) is 11.4 Å². The largest absolute Gasteiger partial charge is 0.479 e. The molecule has 4 N–H and O–H groups in total. The minimum absolute atomic E-state index is 0.0156. The molecular weight excluding hydrogens is 522 g/mol. The first-order chi connectivity index (χ1) is 19.9. The van der Waals surface area contributed by atoms with E-state index in [0.717, 1.165) is 35.2 Å². The van der Waals surface area contributed by atoms with Gasteiger partial charge in [-0.15, -0.1) is 5.10 Å². The first kappa shape index (κ1) is 24.9. The molecule has 2 unspecified atom stereocenters. The zero-order valence-electron chi connectivity index (χ0n) is 22.2. The van der Waals surface area contributed by atoms with Crippen LogP contribution in [-0.2, 0) is 0 Å². The molecule has 2 fully saturated rings. The summed E-state index contributed by atoms with van der Waals surface area (Å²) in [6, 6.07) is 13.4. The molecule has 2 aliphatic heterocycles. The summed E-state index contributed by atoms with van der Waals surface area (Å²) >= 11 is 0. The minimum atomic E-state index is -0.392. The number of aromatic nitrogens is 7. The first-order valence-corrected chi connectivity index (χ1v) is 13.5. The number of hydrogen-bond donors (Lipinski definition) is 3. The van der Waals surface area contributed by atoms with Crippen LogP contribution >= 0.6 is 0 Å². The van der Waals surface area contributed by atoms with Gasteiger partial charge >= 0.3 is 6.01 Å². The van der Waals surface area contributed by atoms with E-state index in [0.29, 0.717) is 29.7 Å². The molecule has 5 aromatic rings. The number of anilines is 1. The Labute approximate surface area is 234 Å². The molecule has 0 saturated carbocycles. The van der Waals surface area contributed by atoms with Gasteiger partial charge in [-0.25, -0.2) is 4.98 Å². The van der Waals surface area contributed by atoms with Crippen LogP contribution in [-0.4, -0.2) is 68.5 Å². The molecule has 4 aromatic heterocycles. The quantitative estimate of drug-likeness (QED) is 0.277. The van der Waals surface area contributed by atoms with Crippen molar-refractivity contribution < 1.29 is 14.7 Å². The van der Waals surface area contributed by atoms with E-state index >= 15 is 0 Å². The molecule has 12 heteroatoms. The number of carbonyl (C=O) groups is 2. The number of nitrogens with one attached hydrogen (secondary N) is 1. The Morgan fingerprint density at radius 3 is 2.39 bits per heavy atom. The fraction of sp³-hybridized carbons (Fsp3) is 0.276. The van der Waals surface area contributed by atoms with E-state index < -0.39 is 6.01 Å². The van der Waals surface area contributed by atoms with Crippen LogP contribution in [0.25, 0.3) is 28.0 Å². The third kappa shape index (κ3) is 4.10. The second-order valence-electron chi connectivity index (χ2n) is 10.7. The van der Waals surface area contributed by atoms with Crippen molar-refractivity contribution in [3.63, 3.8) is 0 Å². The Balaban J connectivity index is 1.25. The Morgan fingerprint density at radius 2 is 1.76 bits per heavy atom. The Morgan fingerprint density at radius 1 is 1.00 bits per heavy atom. The lowest BCUT2D eigenvalue weighted by Gasteiger charge is -2.38. The molecule has 12 nitrogen and oxygen atoms in total. The SMILES string of the molecule is CC(=O)c1c(C2CC3CC[C@H](C2)N3C(=O)c2nnc(O)[nH]2)nc2c(-c3ccc(-c4ccccc4)nc3)cnn2c1N. The summed E-state index contributed by atoms with van der Waals surface area (Å²) in [6.07, 6.45) is 6.41. The van der Waals surface area contributed by atoms with E-state index in [-0.39, 0.29) is 41.3 Å². The lowest BCUT2D eigenvalue weighted by Crippen LogP contribution is -2.46. The fourth-order valence-corrected chi connectivity index (χ4v) is 6.43. The van der Waals surface area contributed by atoms with Gasteiger partial charge in [0.25, 0.3) is 5.91 Å². The Hall–Kier alpha value is -5.13. The van der Waals surface area contributed by atoms with Crippen LogP contribution in [0.2, 0.25) is 0 Å². The van der Waals surface area contributed by atoms with Crippen molar-refractivity contribution in [1.82, 2.24) is 39.7 Å². The van der Waals surface area contributed by atoms with Crippen molar-refractivity contribution in [2.24, 2.45) is 0 Å². The highest BCUT2D eigenvalue weighted by Crippen LogP contribution is 2.45. The van der Waals surface area contributed by atoms with Crippen LogP contribution in [0.5, 0.6) is 6.01 Å². The maximum Gasteiger partial charge on any atom is 0.312 e. The van der Waals surface area contributed by atoms with Gasteiger partial charge in [0.2, 0.25) is 5.82 Å². The fourth-order valence-electron chi connectivity index (χ4n) is 6.43. The predicted octanol–water partition coefficient (Wildman–Crippen LogP) is 3.62. The maximum atomic E-state index is 13.2. The van der Waals surface area contributed by atoms with Crippen molar-refractivity contribution in [2.75, 3.05) is 5.73 Å². The zero-order valence-corrected chi connectivity index (χ0v) is 22.2. The van der Waals surface area contributed by atoms with Gasteiger partial charge < -0.3 is 15.7 Å². The zero-order chi connectivity index (χ0) is 28.2. The van der Waals surface area contributed by atoms with Crippen molar-refractivity contribution in [1.29, 1.82) is 0 Å². The molecule has 2 saturated heterocycles. The van der Waals surface area contributed by atoms with E-state index in [9.17, 15) is 14.7 Å². The van der Waals surface area contributed by atoms with Gasteiger partial charge in [0.05, 0.1) is 23.1 Å². The number of H-pyrrole nitrogens is 1. The summed E-state index contributed by atoms with van der Waals surface area (Å²) in [5.41, 5.74) is 11.6. The summed E-state index contributed by atoms with van der Waals surface area (Å²) in [7, 11) is 0. The third-order valence-electron chi connectivity index (χ3n) is 8.24. The van der Waals surface area contributed by atoms with Gasteiger partial charge in [0.1, 0.15) is 5.82 Å². The van der Waals surface area contributed by atoms with Gasteiger partial charge in [-0.3, -0.25) is 19.6 Å². The molecule has 41 heavy (non-hydrogen) atoms. The number of hydrogen-bond acceptors (Lipinski definition) is 9. The number of aromatic amines is 1. The van der Waals surface area contributed by atoms with Gasteiger partial charge in [-0.1, -0.05) is 41.5 Å². The number of ketones is 1. The van der Waals surface area contributed by atoms with E-state index in [1.54, 1.807) is 12.4 Å². The third-order valence-corrected chi connectivity index (χ3v) is 8.24. The number of pyridine rings is 1. The van der Waals surface area contributed by atoms with Crippen LogP contribution in [0.4, 0.5) is 5.82 Å². The lowest BCUT2D eigenvalue weighted by atomic mass is 9.85. The van der Waals surface area contributed by atoms with Crippen LogP contribution in [0.3, 0.4) is 0 Å². The smallest absolute Gasteiger partial charge is 0.312 e. The summed E-state index contributed by atoms with van der Waals surface area (Å²) in [4.78, 5) is 40.1. The molecule has 2 bridgehead atoms. The molecule has 206 valence electrons. The molecule has 0 aliphatic carbocycles. The van der Waals surface area contributed by atoms with Crippen molar-refractivity contribution in [2.45, 2.75) is 50.6 Å². The number of aromatic hydroxyl groups is 1. The highest BCUT2D eigenvalue weighted by Gasteiger charge is 2.46. The molecule has 1 amide bonds. The highest BCUT2D eigenvalue weighted by molar-refractivity contribution is 6.00. The number of benzene rings is 1. The Bertz CT molecular complexity index is 1780. The molecule has 0 spiro atoms. The number of rotatable bonds is 5. The average Bonchev–Trinajstić information content (AvgIpc) is 3.68. The second-order valence-corrected chi connectivity index (χ2v) is 10.7. The van der Waals surface area contributed by atoms with E-state index in [4.69, 9.17) is 10.7 Å². The number of nitrogen functional groups attached to an aromatic ring is 1. The van der Waals surface area contributed by atoms with Gasteiger partial charge in [0.15, 0.2) is 11.4 Å². The number of nitrogens with zero attached hydrogens (tertiary/aromatic N) is 7. The molecule has 6 heterocycles. The summed E-state index contributed by atoms with van der Waals surface area (Å²) in [6.45, 7) is 1.49. The van der Waals surface area contributed by atoms with Crippen LogP contribution in [0, 0.1) is 0 Å². The van der Waals surface area contributed by atoms with Crippen LogP contribution in [0.1, 0.15) is 65.2 Å². The number of nitrogens with two attached hydrogens (primary N) is 1. The minimum Gasteiger partial charge on any atom is -0.479 e. The van der Waals surface area contributed by atoms with Gasteiger partial charge in [-0.05, 0) is 38.7 Å². The predicted molar refractivity (Wildman–Crippen MR) is 149 cm³/mol. The average molecular weight is 550 g/mol. The standard InChI is InChI=1S/C29H27N9O3/c1-15(39)23-24(18-11-19-8-9-20(12-18)37(19)28(40)26-34-29(41)36-35-26)33-27-21(14-32-38(27)25(23)30)17-7-10-22(31-13-17)16-5-3-2-4-6-16/h2-7,10,13-14,18-20H,8-9,11-12,30H2,1H3,(H2,34,35,36,41)/t18?,19-,20?/m1/s1. The molecule has 0 radical (unpaired) electrons. The van der Waals surface area contributed by atoms with Crippen molar-refractivity contribution in [3.05, 3.63) is 71.9 Å². The van der Waals surface area contributed by atoms with Crippen molar-refractivity contribution >= 4 is 23.2 Å². The van der Waals surface area contributed by atoms with Gasteiger partial charge in [-0.2, -0.15) is 9.61 Å². The molecule has 7 rings (SSSR count). The molecule has 2 aliphatic rings. The highest BCUT2D eigenvalue weighted by atomic mass is 16.3. The van der Waals surface area contributed by atoms with Crippen molar-refractivity contribution in [3.8, 4) is 28.4 Å². The normalized spacial score (nSPS) is 20.0. The molecule has 1 aromatic carbocycles. The van der Waals surface area contributed by atoms with E-state index in [1.807, 2.05) is 47.4 Å². The van der Waals surface area contributed by atoms with Gasteiger partial charge in [0, 0.05) is 40.9 Å². The molecular formula is C29H27N9O3. The summed E-state index contributed by atoms with van der Waals surface area (Å²) < 4.78 is 1.52. The second kappa shape index (κ2) is 9.51. The number of fused-ring (bicyclic) bond motifs is 3. The van der Waals surface area contributed by atoms with Crippen LogP contribution < -0.4 is 5.73 Å². The molecule has 3 atom stereocenters. The Kier molecular flexibility index (Phi) is 5.77. The summed E-state index contributed by atoms with van der Waals surface area (Å²) in [5, 5.41) is 21.3. The van der Waals surface area contributed by atoms with Crippen LogP contribution in [0.15, 0.2) is 54.9 Å². The van der Waals surface area contributed by atoms with E-state index in [2.05, 4.69) is 25.3 Å². The maximum absolute atomic E-state index is 13.2.